The highest BCUT2D eigenvalue weighted by Crippen LogP contribution is 2.15. The van der Waals surface area contributed by atoms with E-state index in [0.717, 1.165) is 6.07 Å². The van der Waals surface area contributed by atoms with Gasteiger partial charge in [0.2, 0.25) is 0 Å². The highest BCUT2D eigenvalue weighted by molar-refractivity contribution is 5.24. The quantitative estimate of drug-likeness (QED) is 0.789. The Morgan fingerprint density at radius 2 is 1.56 bits per heavy atom. The van der Waals surface area contributed by atoms with Crippen molar-refractivity contribution in [1.82, 2.24) is 9.97 Å². The standard InChI is InChI=1S/C11H7F3N2O2/c12-7-4-9(14)8(13)2-5(7)1-6-3-10(17)16-11(18)15-6/h2-4H,1H2,(H2,15,16,17,18). The number of hydrogen-bond acceptors (Lipinski definition) is 2. The van der Waals surface area contributed by atoms with Crippen molar-refractivity contribution in [1.29, 1.82) is 0 Å². The number of nitrogens with one attached hydrogen (secondary N) is 2. The van der Waals surface area contributed by atoms with Crippen LogP contribution >= 0.6 is 0 Å². The maximum absolute atomic E-state index is 13.3. The number of aromatic amines is 2. The number of H-pyrrole nitrogens is 2. The molecule has 94 valence electrons. The Morgan fingerprint density at radius 1 is 0.889 bits per heavy atom. The Labute approximate surface area is 98.1 Å². The molecule has 0 saturated carbocycles. The van der Waals surface area contributed by atoms with E-state index < -0.39 is 28.7 Å². The summed E-state index contributed by atoms with van der Waals surface area (Å²) in [4.78, 5) is 26.2. The van der Waals surface area contributed by atoms with Gasteiger partial charge in [0.05, 0.1) is 0 Å². The van der Waals surface area contributed by atoms with E-state index in [9.17, 15) is 22.8 Å². The smallest absolute Gasteiger partial charge is 0.311 e. The molecule has 0 aliphatic carbocycles. The van der Waals surface area contributed by atoms with Crippen LogP contribution < -0.4 is 11.2 Å². The summed E-state index contributed by atoms with van der Waals surface area (Å²) in [5, 5.41) is 0. The maximum Gasteiger partial charge on any atom is 0.325 e. The number of halogens is 3. The Kier molecular flexibility index (Phi) is 3.05. The number of rotatable bonds is 2. The highest BCUT2D eigenvalue weighted by Gasteiger charge is 2.11. The third-order valence-electron chi connectivity index (χ3n) is 2.29. The molecule has 0 fully saturated rings. The molecule has 0 bridgehead atoms. The molecule has 4 nitrogen and oxygen atoms in total. The van der Waals surface area contributed by atoms with Crippen LogP contribution in [0.15, 0.2) is 27.8 Å². The molecule has 0 amide bonds. The first-order valence-electron chi connectivity index (χ1n) is 4.91. The fourth-order valence-electron chi connectivity index (χ4n) is 1.52. The van der Waals surface area contributed by atoms with Gasteiger partial charge in [-0.25, -0.2) is 18.0 Å². The summed E-state index contributed by atoms with van der Waals surface area (Å²) in [6, 6.07) is 2.14. The first-order valence-corrected chi connectivity index (χ1v) is 4.91. The van der Waals surface area contributed by atoms with Gasteiger partial charge in [-0.1, -0.05) is 0 Å². The Bertz CT molecular complexity index is 678. The SMILES string of the molecule is O=c1cc(Cc2cc(F)c(F)cc2F)[nH]c(=O)[nH]1. The number of aromatic nitrogens is 2. The minimum atomic E-state index is -1.30. The van der Waals surface area contributed by atoms with E-state index in [-0.39, 0.29) is 17.7 Å². The third kappa shape index (κ3) is 2.50. The normalized spacial score (nSPS) is 10.6. The molecule has 0 atom stereocenters. The molecular weight excluding hydrogens is 249 g/mol. The van der Waals surface area contributed by atoms with E-state index in [2.05, 4.69) is 4.98 Å². The fourth-order valence-corrected chi connectivity index (χ4v) is 1.52. The lowest BCUT2D eigenvalue weighted by atomic mass is 10.1. The van der Waals surface area contributed by atoms with Gasteiger partial charge in [-0.15, -0.1) is 0 Å². The second kappa shape index (κ2) is 4.52. The molecule has 0 aliphatic rings. The van der Waals surface area contributed by atoms with E-state index in [1.165, 1.54) is 0 Å². The molecule has 1 aromatic heterocycles. The van der Waals surface area contributed by atoms with Gasteiger partial charge in [0.1, 0.15) is 5.82 Å². The largest absolute Gasteiger partial charge is 0.325 e. The van der Waals surface area contributed by atoms with Crippen LogP contribution in [0.1, 0.15) is 11.3 Å². The van der Waals surface area contributed by atoms with Crippen LogP contribution in [0.25, 0.3) is 0 Å². The molecule has 0 spiro atoms. The molecule has 18 heavy (non-hydrogen) atoms. The molecule has 0 aliphatic heterocycles. The van der Waals surface area contributed by atoms with Crippen molar-refractivity contribution < 1.29 is 13.2 Å². The fraction of sp³-hybridized carbons (Fsp3) is 0.0909. The molecule has 1 aromatic carbocycles. The van der Waals surface area contributed by atoms with Crippen molar-refractivity contribution in [3.63, 3.8) is 0 Å². The van der Waals surface area contributed by atoms with Crippen LogP contribution in [0, 0.1) is 17.5 Å². The summed E-state index contributed by atoms with van der Waals surface area (Å²) in [5.41, 5.74) is -1.46. The Morgan fingerprint density at radius 3 is 2.22 bits per heavy atom. The second-order valence-electron chi connectivity index (χ2n) is 3.65. The van der Waals surface area contributed by atoms with Crippen LogP contribution in [0.3, 0.4) is 0 Å². The lowest BCUT2D eigenvalue weighted by Crippen LogP contribution is -2.23. The molecule has 2 N–H and O–H groups in total. The van der Waals surface area contributed by atoms with Gasteiger partial charge < -0.3 is 4.98 Å². The van der Waals surface area contributed by atoms with Crippen molar-refractivity contribution in [2.24, 2.45) is 0 Å². The second-order valence-corrected chi connectivity index (χ2v) is 3.65. The molecule has 0 saturated heterocycles. The van der Waals surface area contributed by atoms with Gasteiger partial charge in [0, 0.05) is 24.2 Å². The van der Waals surface area contributed by atoms with Crippen molar-refractivity contribution in [3.05, 3.63) is 67.7 Å². The minimum Gasteiger partial charge on any atom is -0.311 e. The zero-order valence-electron chi connectivity index (χ0n) is 8.89. The van der Waals surface area contributed by atoms with E-state index in [0.29, 0.717) is 12.1 Å². The summed E-state index contributed by atoms with van der Waals surface area (Å²) < 4.78 is 39.0. The Balaban J connectivity index is 2.43. The topological polar surface area (TPSA) is 65.7 Å². The van der Waals surface area contributed by atoms with Crippen LogP contribution in [-0.4, -0.2) is 9.97 Å². The van der Waals surface area contributed by atoms with Gasteiger partial charge >= 0.3 is 5.69 Å². The van der Waals surface area contributed by atoms with Crippen LogP contribution in [-0.2, 0) is 6.42 Å². The van der Waals surface area contributed by atoms with Crippen molar-refractivity contribution >= 4 is 0 Å². The van der Waals surface area contributed by atoms with E-state index in [1.807, 2.05) is 4.98 Å². The van der Waals surface area contributed by atoms with Crippen LogP contribution in [0.4, 0.5) is 13.2 Å². The van der Waals surface area contributed by atoms with Gasteiger partial charge in [-0.05, 0) is 11.6 Å². The molecule has 0 unspecified atom stereocenters. The molecule has 2 rings (SSSR count). The van der Waals surface area contributed by atoms with Crippen molar-refractivity contribution in [2.45, 2.75) is 6.42 Å². The summed E-state index contributed by atoms with van der Waals surface area (Å²) in [6.45, 7) is 0. The molecule has 2 aromatic rings. The summed E-state index contributed by atoms with van der Waals surface area (Å²) >= 11 is 0. The number of benzene rings is 1. The molecule has 0 radical (unpaired) electrons. The molecular formula is C11H7F3N2O2. The predicted octanol–water partition coefficient (Wildman–Crippen LogP) is 1.07. The average molecular weight is 256 g/mol. The van der Waals surface area contributed by atoms with Gasteiger partial charge in [0.15, 0.2) is 11.6 Å². The van der Waals surface area contributed by atoms with Crippen LogP contribution in [0.5, 0.6) is 0 Å². The molecule has 7 heteroatoms. The van der Waals surface area contributed by atoms with Crippen LogP contribution in [0.2, 0.25) is 0 Å². The first kappa shape index (κ1) is 12.2. The van der Waals surface area contributed by atoms with E-state index in [1.54, 1.807) is 0 Å². The predicted molar refractivity (Wildman–Crippen MR) is 56.8 cm³/mol. The average Bonchev–Trinajstić information content (AvgIpc) is 2.24. The summed E-state index contributed by atoms with van der Waals surface area (Å²) in [5.74, 6) is -3.44. The lowest BCUT2D eigenvalue weighted by Gasteiger charge is -2.04. The van der Waals surface area contributed by atoms with Gasteiger partial charge in [-0.2, -0.15) is 0 Å². The van der Waals surface area contributed by atoms with Crippen molar-refractivity contribution in [2.75, 3.05) is 0 Å². The monoisotopic (exact) mass is 256 g/mol. The summed E-state index contributed by atoms with van der Waals surface area (Å²) in [6.07, 6.45) is -0.220. The van der Waals surface area contributed by atoms with Gasteiger partial charge in [0.25, 0.3) is 5.56 Å². The minimum absolute atomic E-state index is 0.105. The van der Waals surface area contributed by atoms with Crippen molar-refractivity contribution in [3.8, 4) is 0 Å². The first-order chi connectivity index (χ1) is 8.45. The number of hydrogen-bond donors (Lipinski definition) is 2. The van der Waals surface area contributed by atoms with Gasteiger partial charge in [-0.3, -0.25) is 9.78 Å². The molecule has 1 heterocycles. The van der Waals surface area contributed by atoms with E-state index in [4.69, 9.17) is 0 Å². The van der Waals surface area contributed by atoms with E-state index >= 15 is 0 Å². The third-order valence-corrected chi connectivity index (χ3v) is 2.29. The lowest BCUT2D eigenvalue weighted by molar-refractivity contribution is 0.491. The summed E-state index contributed by atoms with van der Waals surface area (Å²) in [7, 11) is 0. The highest BCUT2D eigenvalue weighted by atomic mass is 19.2. The Hall–Kier alpha value is -2.31. The zero-order chi connectivity index (χ0) is 13.3. The zero-order valence-corrected chi connectivity index (χ0v) is 8.89. The maximum atomic E-state index is 13.3.